The highest BCUT2D eigenvalue weighted by atomic mass is 16.6. The second-order valence-corrected chi connectivity index (χ2v) is 4.65. The largest absolute Gasteiger partial charge is 0.486 e. The first-order valence-corrected chi connectivity index (χ1v) is 6.35. The number of carbonyl (C=O) groups is 1. The van der Waals surface area contributed by atoms with Gasteiger partial charge < -0.3 is 19.5 Å². The van der Waals surface area contributed by atoms with Crippen LogP contribution in [0.3, 0.4) is 0 Å². The Morgan fingerprint density at radius 3 is 2.58 bits per heavy atom. The van der Waals surface area contributed by atoms with Gasteiger partial charge in [0, 0.05) is 20.0 Å². The van der Waals surface area contributed by atoms with Crippen molar-refractivity contribution in [1.29, 1.82) is 0 Å². The number of carbonyl (C=O) groups excluding carboxylic acids is 1. The Hall–Kier alpha value is -1.75. The van der Waals surface area contributed by atoms with E-state index in [0.717, 1.165) is 22.6 Å². The number of rotatable bonds is 4. The third kappa shape index (κ3) is 3.17. The molecule has 2 rings (SSSR count). The van der Waals surface area contributed by atoms with Crippen LogP contribution in [-0.4, -0.2) is 42.8 Å². The van der Waals surface area contributed by atoms with E-state index in [9.17, 15) is 4.79 Å². The van der Waals surface area contributed by atoms with Crippen LogP contribution < -0.4 is 9.47 Å². The van der Waals surface area contributed by atoms with Gasteiger partial charge in [0.05, 0.1) is 6.61 Å². The van der Waals surface area contributed by atoms with Crippen molar-refractivity contribution in [2.45, 2.75) is 19.9 Å². The molecule has 0 fully saturated rings. The highest BCUT2D eigenvalue weighted by molar-refractivity contribution is 5.76. The fraction of sp³-hybridized carbons (Fsp3) is 0.500. The molecule has 1 amide bonds. The second-order valence-electron chi connectivity index (χ2n) is 4.65. The zero-order valence-electron chi connectivity index (χ0n) is 11.3. The highest BCUT2D eigenvalue weighted by Gasteiger charge is 2.16. The summed E-state index contributed by atoms with van der Waals surface area (Å²) >= 11 is 0. The number of benzene rings is 1. The Labute approximate surface area is 112 Å². The van der Waals surface area contributed by atoms with Crippen LogP contribution in [0.4, 0.5) is 0 Å². The van der Waals surface area contributed by atoms with Crippen LogP contribution in [0.5, 0.6) is 11.5 Å². The quantitative estimate of drug-likeness (QED) is 0.886. The van der Waals surface area contributed by atoms with E-state index in [-0.39, 0.29) is 18.9 Å². The topological polar surface area (TPSA) is 59.0 Å². The Morgan fingerprint density at radius 2 is 1.95 bits per heavy atom. The molecule has 0 radical (unpaired) electrons. The molecule has 0 bridgehead atoms. The Kier molecular flexibility index (Phi) is 4.27. The second kappa shape index (κ2) is 5.93. The number of ether oxygens (including phenoxy) is 2. The maximum atomic E-state index is 11.7. The molecular formula is C14H19NO4. The minimum Gasteiger partial charge on any atom is -0.486 e. The zero-order chi connectivity index (χ0) is 13.8. The predicted molar refractivity (Wildman–Crippen MR) is 70.3 cm³/mol. The summed E-state index contributed by atoms with van der Waals surface area (Å²) in [4.78, 5) is 13.3. The molecule has 0 saturated heterocycles. The van der Waals surface area contributed by atoms with Crippen LogP contribution >= 0.6 is 0 Å². The molecule has 5 heteroatoms. The van der Waals surface area contributed by atoms with Gasteiger partial charge in [-0.05, 0) is 30.2 Å². The first-order valence-electron chi connectivity index (χ1n) is 6.35. The Morgan fingerprint density at radius 1 is 1.32 bits per heavy atom. The normalized spacial score (nSPS) is 13.2. The fourth-order valence-electron chi connectivity index (χ4n) is 2.03. The van der Waals surface area contributed by atoms with Gasteiger partial charge in [-0.2, -0.15) is 0 Å². The number of amides is 1. The first-order chi connectivity index (χ1) is 9.11. The number of fused-ring (bicyclic) bond motifs is 1. The number of hydrogen-bond donors (Lipinski definition) is 1. The standard InChI is InChI=1S/C14H19NO4/c1-10-7-12-13(19-6-5-18-12)8-11(10)9-15(2)14(17)3-4-16/h7-8,16H,3-6,9H2,1-2H3. The lowest BCUT2D eigenvalue weighted by molar-refractivity contribution is -0.131. The summed E-state index contributed by atoms with van der Waals surface area (Å²) in [6.45, 7) is 3.48. The molecule has 1 aliphatic heterocycles. The van der Waals surface area contributed by atoms with Gasteiger partial charge >= 0.3 is 0 Å². The van der Waals surface area contributed by atoms with Crippen LogP contribution in [0, 0.1) is 6.92 Å². The van der Waals surface area contributed by atoms with Gasteiger partial charge in [0.15, 0.2) is 11.5 Å². The van der Waals surface area contributed by atoms with Gasteiger partial charge in [-0.15, -0.1) is 0 Å². The summed E-state index contributed by atoms with van der Waals surface area (Å²) in [5.74, 6) is 1.42. The zero-order valence-corrected chi connectivity index (χ0v) is 11.3. The third-order valence-corrected chi connectivity index (χ3v) is 3.16. The molecular weight excluding hydrogens is 246 g/mol. The first kappa shape index (κ1) is 13.7. The van der Waals surface area contributed by atoms with Crippen LogP contribution in [0.2, 0.25) is 0 Å². The average molecular weight is 265 g/mol. The Bertz CT molecular complexity index is 473. The average Bonchev–Trinajstić information content (AvgIpc) is 2.39. The predicted octanol–water partition coefficient (Wildman–Crippen LogP) is 1.11. The molecule has 0 aliphatic carbocycles. The fourth-order valence-corrected chi connectivity index (χ4v) is 2.03. The molecule has 104 valence electrons. The molecule has 0 atom stereocenters. The number of aryl methyl sites for hydroxylation is 1. The monoisotopic (exact) mass is 265 g/mol. The van der Waals surface area contributed by atoms with E-state index in [0.29, 0.717) is 19.8 Å². The smallest absolute Gasteiger partial charge is 0.224 e. The summed E-state index contributed by atoms with van der Waals surface area (Å²) < 4.78 is 11.1. The van der Waals surface area contributed by atoms with Crippen LogP contribution in [0.1, 0.15) is 17.5 Å². The van der Waals surface area contributed by atoms with Crippen molar-refractivity contribution in [2.24, 2.45) is 0 Å². The molecule has 19 heavy (non-hydrogen) atoms. The molecule has 1 heterocycles. The summed E-state index contributed by atoms with van der Waals surface area (Å²) in [5.41, 5.74) is 2.09. The summed E-state index contributed by atoms with van der Waals surface area (Å²) in [5, 5.41) is 8.78. The van der Waals surface area contributed by atoms with Gasteiger partial charge in [-0.25, -0.2) is 0 Å². The van der Waals surface area contributed by atoms with Gasteiger partial charge in [-0.3, -0.25) is 4.79 Å². The summed E-state index contributed by atoms with van der Waals surface area (Å²) in [6.07, 6.45) is 0.153. The van der Waals surface area contributed by atoms with E-state index in [2.05, 4.69) is 0 Å². The molecule has 0 aromatic heterocycles. The molecule has 1 aromatic carbocycles. The Balaban J connectivity index is 2.14. The van der Waals surface area contributed by atoms with Crippen molar-refractivity contribution >= 4 is 5.91 Å². The van der Waals surface area contributed by atoms with Gasteiger partial charge in [0.25, 0.3) is 0 Å². The van der Waals surface area contributed by atoms with Crippen LogP contribution in [-0.2, 0) is 11.3 Å². The SMILES string of the molecule is Cc1cc2c(cc1CN(C)C(=O)CCO)OCCO2. The van der Waals surface area contributed by atoms with Gasteiger partial charge in [-0.1, -0.05) is 0 Å². The lowest BCUT2D eigenvalue weighted by Gasteiger charge is -2.22. The van der Waals surface area contributed by atoms with Crippen molar-refractivity contribution < 1.29 is 19.4 Å². The van der Waals surface area contributed by atoms with E-state index in [4.69, 9.17) is 14.6 Å². The molecule has 1 aromatic rings. The number of hydrogen-bond acceptors (Lipinski definition) is 4. The van der Waals surface area contributed by atoms with Crippen LogP contribution in [0.25, 0.3) is 0 Å². The van der Waals surface area contributed by atoms with Gasteiger partial charge in [0.2, 0.25) is 5.91 Å². The van der Waals surface area contributed by atoms with Gasteiger partial charge in [0.1, 0.15) is 13.2 Å². The maximum Gasteiger partial charge on any atom is 0.224 e. The third-order valence-electron chi connectivity index (χ3n) is 3.16. The molecule has 0 saturated carbocycles. The van der Waals surface area contributed by atoms with Crippen molar-refractivity contribution in [3.63, 3.8) is 0 Å². The van der Waals surface area contributed by atoms with Crippen molar-refractivity contribution in [1.82, 2.24) is 4.90 Å². The van der Waals surface area contributed by atoms with E-state index in [1.165, 1.54) is 0 Å². The maximum absolute atomic E-state index is 11.7. The number of aliphatic hydroxyl groups is 1. The van der Waals surface area contributed by atoms with Crippen molar-refractivity contribution in [3.05, 3.63) is 23.3 Å². The molecule has 1 aliphatic rings. The number of aliphatic hydroxyl groups excluding tert-OH is 1. The van der Waals surface area contributed by atoms with Crippen LogP contribution in [0.15, 0.2) is 12.1 Å². The molecule has 0 unspecified atom stereocenters. The molecule has 5 nitrogen and oxygen atoms in total. The molecule has 1 N–H and O–H groups in total. The minimum atomic E-state index is -0.122. The lowest BCUT2D eigenvalue weighted by Crippen LogP contribution is -2.27. The summed E-state index contributed by atoms with van der Waals surface area (Å²) in [7, 11) is 1.73. The number of nitrogens with zero attached hydrogens (tertiary/aromatic N) is 1. The van der Waals surface area contributed by atoms with E-state index < -0.39 is 0 Å². The van der Waals surface area contributed by atoms with Crippen molar-refractivity contribution in [3.8, 4) is 11.5 Å². The minimum absolute atomic E-state index is 0.0724. The highest BCUT2D eigenvalue weighted by Crippen LogP contribution is 2.33. The van der Waals surface area contributed by atoms with E-state index >= 15 is 0 Å². The van der Waals surface area contributed by atoms with E-state index in [1.54, 1.807) is 11.9 Å². The summed E-state index contributed by atoms with van der Waals surface area (Å²) in [6, 6.07) is 3.86. The van der Waals surface area contributed by atoms with E-state index in [1.807, 2.05) is 19.1 Å². The molecule has 0 spiro atoms. The van der Waals surface area contributed by atoms with Crippen molar-refractivity contribution in [2.75, 3.05) is 26.9 Å². The lowest BCUT2D eigenvalue weighted by atomic mass is 10.1.